The monoisotopic (exact) mass is 351 g/mol. The largest absolute Gasteiger partial charge is 0.378 e. The average molecular weight is 351 g/mol. The van der Waals surface area contributed by atoms with Crippen LogP contribution in [0, 0.1) is 6.07 Å². The van der Waals surface area contributed by atoms with Gasteiger partial charge in [0.2, 0.25) is 0 Å². The van der Waals surface area contributed by atoms with Crippen LogP contribution in [0.2, 0.25) is 0 Å². The van der Waals surface area contributed by atoms with E-state index < -0.39 is 0 Å². The number of nitrogens with zero attached hydrogens (tertiary/aromatic N) is 1. The van der Waals surface area contributed by atoms with Crippen LogP contribution in [0.3, 0.4) is 0 Å². The number of hydrogen-bond donors (Lipinski definition) is 1. The fourth-order valence-electron chi connectivity index (χ4n) is 2.96. The molecule has 1 aliphatic rings. The third-order valence-electron chi connectivity index (χ3n) is 4.36. The van der Waals surface area contributed by atoms with Crippen molar-refractivity contribution in [2.75, 3.05) is 32.8 Å². The second-order valence-corrected chi connectivity index (χ2v) is 6.21. The highest BCUT2D eigenvalue weighted by Crippen LogP contribution is 2.26. The van der Waals surface area contributed by atoms with E-state index in [2.05, 4.69) is 11.4 Å². The molecule has 5 heteroatoms. The van der Waals surface area contributed by atoms with Gasteiger partial charge in [-0.25, -0.2) is 0 Å². The molecule has 1 saturated heterocycles. The highest BCUT2D eigenvalue weighted by molar-refractivity contribution is 6.02. The maximum atomic E-state index is 12.9. The van der Waals surface area contributed by atoms with Crippen molar-refractivity contribution in [1.82, 2.24) is 10.2 Å². The summed E-state index contributed by atoms with van der Waals surface area (Å²) < 4.78 is 5.33. The summed E-state index contributed by atoms with van der Waals surface area (Å²) in [5, 5.41) is 2.88. The molecule has 1 radical (unpaired) electrons. The summed E-state index contributed by atoms with van der Waals surface area (Å²) in [5.41, 5.74) is 2.85. The quantitative estimate of drug-likeness (QED) is 0.901. The first kappa shape index (κ1) is 18.1. The molecule has 135 valence electrons. The van der Waals surface area contributed by atoms with Gasteiger partial charge < -0.3 is 15.0 Å². The second kappa shape index (κ2) is 8.63. The zero-order chi connectivity index (χ0) is 18.4. The molecule has 1 aliphatic heterocycles. The summed E-state index contributed by atoms with van der Waals surface area (Å²) in [5.74, 6) is -0.127. The van der Waals surface area contributed by atoms with E-state index in [9.17, 15) is 9.59 Å². The molecular weight excluding hydrogens is 328 g/mol. The Kier molecular flexibility index (Phi) is 6.02. The van der Waals surface area contributed by atoms with Crippen molar-refractivity contribution in [3.05, 3.63) is 59.7 Å². The Hall–Kier alpha value is -2.66. The van der Waals surface area contributed by atoms with Crippen LogP contribution in [-0.4, -0.2) is 49.6 Å². The van der Waals surface area contributed by atoms with E-state index in [0.717, 1.165) is 17.5 Å². The van der Waals surface area contributed by atoms with Crippen LogP contribution in [0.15, 0.2) is 42.5 Å². The molecule has 5 nitrogen and oxygen atoms in total. The van der Waals surface area contributed by atoms with Gasteiger partial charge in [0, 0.05) is 30.8 Å². The molecule has 2 aromatic carbocycles. The van der Waals surface area contributed by atoms with Crippen LogP contribution in [0.4, 0.5) is 0 Å². The standard InChI is InChI=1S/C21H23N2O3/c1-2-10-22-20(24)17-7-5-6-16(15-17)18-8-3-4-9-19(18)21(25)23-11-13-26-14-12-23/h3,5-9,15H,2,10-14H2,1H3,(H,22,24). The van der Waals surface area contributed by atoms with Crippen LogP contribution in [0.5, 0.6) is 0 Å². The summed E-state index contributed by atoms with van der Waals surface area (Å²) >= 11 is 0. The highest BCUT2D eigenvalue weighted by atomic mass is 16.5. The number of carbonyl (C=O) groups excluding carboxylic acids is 2. The first-order valence-corrected chi connectivity index (χ1v) is 8.96. The first-order valence-electron chi connectivity index (χ1n) is 8.96. The van der Waals surface area contributed by atoms with Gasteiger partial charge in [0.1, 0.15) is 0 Å². The average Bonchev–Trinajstić information content (AvgIpc) is 2.72. The van der Waals surface area contributed by atoms with Gasteiger partial charge in [-0.1, -0.05) is 31.2 Å². The Bertz CT molecular complexity index is 782. The number of carbonyl (C=O) groups is 2. The molecule has 0 spiro atoms. The predicted octanol–water partition coefficient (Wildman–Crippen LogP) is 2.77. The van der Waals surface area contributed by atoms with E-state index in [0.29, 0.717) is 44.0 Å². The summed E-state index contributed by atoms with van der Waals surface area (Å²) in [4.78, 5) is 27.0. The number of rotatable bonds is 5. The molecule has 0 unspecified atom stereocenters. The molecule has 0 bridgehead atoms. The van der Waals surface area contributed by atoms with Crippen molar-refractivity contribution >= 4 is 11.8 Å². The second-order valence-electron chi connectivity index (χ2n) is 6.21. The van der Waals surface area contributed by atoms with Gasteiger partial charge in [-0.05, 0) is 41.8 Å². The van der Waals surface area contributed by atoms with E-state index in [1.807, 2.05) is 31.2 Å². The Balaban J connectivity index is 1.90. The number of ether oxygens (including phenoxy) is 1. The van der Waals surface area contributed by atoms with Crippen LogP contribution in [0.25, 0.3) is 11.1 Å². The normalized spacial score (nSPS) is 14.1. The van der Waals surface area contributed by atoms with Crippen LogP contribution < -0.4 is 5.32 Å². The molecule has 0 aliphatic carbocycles. The van der Waals surface area contributed by atoms with Crippen LogP contribution >= 0.6 is 0 Å². The van der Waals surface area contributed by atoms with Crippen LogP contribution in [0.1, 0.15) is 34.1 Å². The van der Waals surface area contributed by atoms with E-state index in [4.69, 9.17) is 4.74 Å². The minimum Gasteiger partial charge on any atom is -0.378 e. The smallest absolute Gasteiger partial charge is 0.254 e. The number of nitrogens with one attached hydrogen (secondary N) is 1. The van der Waals surface area contributed by atoms with E-state index in [-0.39, 0.29) is 11.8 Å². The van der Waals surface area contributed by atoms with E-state index in [1.165, 1.54) is 0 Å². The van der Waals surface area contributed by atoms with Crippen LogP contribution in [-0.2, 0) is 4.74 Å². The minimum absolute atomic E-state index is 0.0269. The lowest BCUT2D eigenvalue weighted by atomic mass is 9.97. The summed E-state index contributed by atoms with van der Waals surface area (Å²) in [7, 11) is 0. The molecule has 0 atom stereocenters. The van der Waals surface area contributed by atoms with Crippen molar-refractivity contribution in [3.8, 4) is 11.1 Å². The molecule has 1 fully saturated rings. The number of amides is 2. The highest BCUT2D eigenvalue weighted by Gasteiger charge is 2.21. The van der Waals surface area contributed by atoms with Gasteiger partial charge >= 0.3 is 0 Å². The SMILES string of the molecule is CCCNC(=O)c1cccc(-c2cc[c]cc2C(=O)N2CCOCC2)c1. The first-order chi connectivity index (χ1) is 12.7. The summed E-state index contributed by atoms with van der Waals surface area (Å²) in [6, 6.07) is 15.8. The van der Waals surface area contributed by atoms with E-state index >= 15 is 0 Å². The zero-order valence-electron chi connectivity index (χ0n) is 15.0. The van der Waals surface area contributed by atoms with Gasteiger partial charge in [-0.3, -0.25) is 9.59 Å². The number of hydrogen-bond acceptors (Lipinski definition) is 3. The van der Waals surface area contributed by atoms with Crippen molar-refractivity contribution in [2.45, 2.75) is 13.3 Å². The lowest BCUT2D eigenvalue weighted by Gasteiger charge is -2.27. The Morgan fingerprint density at radius 2 is 2.04 bits per heavy atom. The number of morpholine rings is 1. The molecule has 0 saturated carbocycles. The molecule has 1 N–H and O–H groups in total. The molecule has 2 amide bonds. The van der Waals surface area contributed by atoms with Crippen molar-refractivity contribution in [1.29, 1.82) is 0 Å². The van der Waals surface area contributed by atoms with Gasteiger partial charge in [0.25, 0.3) is 11.8 Å². The molecule has 1 heterocycles. The maximum absolute atomic E-state index is 12.9. The van der Waals surface area contributed by atoms with Gasteiger partial charge in [0.15, 0.2) is 0 Å². The zero-order valence-corrected chi connectivity index (χ0v) is 15.0. The van der Waals surface area contributed by atoms with Gasteiger partial charge in [0.05, 0.1) is 13.2 Å². The van der Waals surface area contributed by atoms with Crippen molar-refractivity contribution in [3.63, 3.8) is 0 Å². The molecule has 26 heavy (non-hydrogen) atoms. The molecule has 3 rings (SSSR count). The van der Waals surface area contributed by atoms with Crippen molar-refractivity contribution < 1.29 is 14.3 Å². The lowest BCUT2D eigenvalue weighted by Crippen LogP contribution is -2.40. The maximum Gasteiger partial charge on any atom is 0.254 e. The number of benzene rings is 2. The van der Waals surface area contributed by atoms with E-state index in [1.54, 1.807) is 23.1 Å². The molecular formula is C21H23N2O3. The Morgan fingerprint density at radius 1 is 1.23 bits per heavy atom. The van der Waals surface area contributed by atoms with Gasteiger partial charge in [-0.2, -0.15) is 0 Å². The molecule has 2 aromatic rings. The fraction of sp³-hybridized carbons (Fsp3) is 0.333. The third kappa shape index (κ3) is 4.11. The third-order valence-corrected chi connectivity index (χ3v) is 4.36. The fourth-order valence-corrected chi connectivity index (χ4v) is 2.96. The summed E-state index contributed by atoms with van der Waals surface area (Å²) in [6.45, 7) is 4.96. The lowest BCUT2D eigenvalue weighted by molar-refractivity contribution is 0.0303. The van der Waals surface area contributed by atoms with Gasteiger partial charge in [-0.15, -0.1) is 0 Å². The Morgan fingerprint density at radius 3 is 2.81 bits per heavy atom. The topological polar surface area (TPSA) is 58.6 Å². The Labute approximate surface area is 154 Å². The predicted molar refractivity (Wildman–Crippen MR) is 100 cm³/mol. The van der Waals surface area contributed by atoms with Crippen molar-refractivity contribution in [2.24, 2.45) is 0 Å². The molecule has 0 aromatic heterocycles. The summed E-state index contributed by atoms with van der Waals surface area (Å²) in [6.07, 6.45) is 0.887. The minimum atomic E-state index is -0.0998.